The van der Waals surface area contributed by atoms with Gasteiger partial charge in [0.1, 0.15) is 5.75 Å². The lowest BCUT2D eigenvalue weighted by molar-refractivity contribution is 0.320. The van der Waals surface area contributed by atoms with E-state index in [1.54, 1.807) is 24.3 Å². The Kier molecular flexibility index (Phi) is 4.32. The molecular weight excluding hydrogens is 296 g/mol. The number of ether oxygens (including phenoxy) is 1. The molecule has 0 spiro atoms. The normalized spacial score (nSPS) is 11.5. The van der Waals surface area contributed by atoms with E-state index in [1.165, 1.54) is 10.9 Å². The largest absolute Gasteiger partial charge is 0.493 e. The Balaban J connectivity index is 2.17. The van der Waals surface area contributed by atoms with Gasteiger partial charge < -0.3 is 10.5 Å². The quantitative estimate of drug-likeness (QED) is 0.824. The summed E-state index contributed by atoms with van der Waals surface area (Å²) in [5.41, 5.74) is 6.48. The molecule has 1 aromatic heterocycles. The highest BCUT2D eigenvalue weighted by atomic mass is 32.2. The van der Waals surface area contributed by atoms with Gasteiger partial charge in [-0.3, -0.25) is 0 Å². The minimum absolute atomic E-state index is 0.00336. The van der Waals surface area contributed by atoms with Crippen LogP contribution in [0.1, 0.15) is 10.4 Å². The van der Waals surface area contributed by atoms with Crippen LogP contribution in [-0.2, 0) is 16.4 Å². The summed E-state index contributed by atoms with van der Waals surface area (Å²) in [6.07, 6.45) is 0.761. The van der Waals surface area contributed by atoms with Crippen molar-refractivity contribution in [1.29, 1.82) is 0 Å². The van der Waals surface area contributed by atoms with Gasteiger partial charge in [0.15, 0.2) is 0 Å². The third-order valence-electron chi connectivity index (χ3n) is 2.83. The third-order valence-corrected chi connectivity index (χ3v) is 4.80. The first kappa shape index (κ1) is 14.8. The van der Waals surface area contributed by atoms with Crippen LogP contribution in [0.2, 0.25) is 0 Å². The van der Waals surface area contributed by atoms with Crippen molar-refractivity contribution >= 4 is 27.0 Å². The Bertz CT molecular complexity index is 695. The van der Waals surface area contributed by atoms with Gasteiger partial charge in [-0.1, -0.05) is 6.07 Å². The Morgan fingerprint density at radius 1 is 1.35 bits per heavy atom. The Hall–Kier alpha value is -1.57. The Labute approximate surface area is 122 Å². The molecule has 2 rings (SSSR count). The van der Waals surface area contributed by atoms with Gasteiger partial charge in [0.05, 0.1) is 11.5 Å². The van der Waals surface area contributed by atoms with Crippen LogP contribution in [0.3, 0.4) is 0 Å². The second kappa shape index (κ2) is 5.82. The van der Waals surface area contributed by atoms with Gasteiger partial charge in [-0.2, -0.15) is 0 Å². The first-order valence-electron chi connectivity index (χ1n) is 5.96. The molecule has 0 aliphatic carbocycles. The van der Waals surface area contributed by atoms with Crippen molar-refractivity contribution in [2.24, 2.45) is 5.14 Å². The van der Waals surface area contributed by atoms with Gasteiger partial charge in [-0.25, -0.2) is 13.6 Å². The molecule has 1 aromatic carbocycles. The van der Waals surface area contributed by atoms with Crippen LogP contribution >= 0.6 is 11.3 Å². The van der Waals surface area contributed by atoms with Gasteiger partial charge >= 0.3 is 0 Å². The van der Waals surface area contributed by atoms with Crippen molar-refractivity contribution in [2.75, 3.05) is 12.3 Å². The molecular formula is C13H16N2O3S2. The summed E-state index contributed by atoms with van der Waals surface area (Å²) in [5.74, 6) is 0.450. The zero-order valence-electron chi connectivity index (χ0n) is 11.0. The molecule has 108 valence electrons. The van der Waals surface area contributed by atoms with E-state index < -0.39 is 10.0 Å². The van der Waals surface area contributed by atoms with Crippen molar-refractivity contribution in [3.63, 3.8) is 0 Å². The Morgan fingerprint density at radius 3 is 2.70 bits per heavy atom. The summed E-state index contributed by atoms with van der Waals surface area (Å²) in [6.45, 7) is 2.11. The van der Waals surface area contributed by atoms with Crippen molar-refractivity contribution < 1.29 is 13.2 Å². The van der Waals surface area contributed by atoms with Crippen molar-refractivity contribution in [3.8, 4) is 5.75 Å². The molecule has 20 heavy (non-hydrogen) atoms. The molecule has 0 bridgehead atoms. The summed E-state index contributed by atoms with van der Waals surface area (Å²) in [4.78, 5) is 1.21. The van der Waals surface area contributed by atoms with Crippen molar-refractivity contribution in [3.05, 3.63) is 40.1 Å². The molecule has 0 amide bonds. The van der Waals surface area contributed by atoms with Crippen LogP contribution < -0.4 is 15.6 Å². The fraction of sp³-hybridized carbons (Fsp3) is 0.231. The molecule has 0 saturated heterocycles. The van der Waals surface area contributed by atoms with E-state index >= 15 is 0 Å². The summed E-state index contributed by atoms with van der Waals surface area (Å²) in [6, 6.07) is 6.95. The lowest BCUT2D eigenvalue weighted by Crippen LogP contribution is -2.15. The maximum atomic E-state index is 11.5. The minimum atomic E-state index is -3.80. The molecule has 4 N–H and O–H groups in total. The third kappa shape index (κ3) is 3.50. The number of hydrogen-bond donors (Lipinski definition) is 2. The average molecular weight is 312 g/mol. The van der Waals surface area contributed by atoms with Gasteiger partial charge in [0.2, 0.25) is 10.0 Å². The topological polar surface area (TPSA) is 95.4 Å². The van der Waals surface area contributed by atoms with E-state index in [2.05, 4.69) is 0 Å². The van der Waals surface area contributed by atoms with Crippen LogP contribution in [0.5, 0.6) is 5.75 Å². The molecule has 7 heteroatoms. The summed E-state index contributed by atoms with van der Waals surface area (Å²) in [5, 5.41) is 7.16. The molecule has 0 fully saturated rings. The predicted molar refractivity (Wildman–Crippen MR) is 80.5 cm³/mol. The maximum absolute atomic E-state index is 11.5. The molecule has 0 atom stereocenters. The lowest BCUT2D eigenvalue weighted by Gasteiger charge is -2.12. The van der Waals surface area contributed by atoms with Gasteiger partial charge in [0, 0.05) is 28.6 Å². The first-order valence-corrected chi connectivity index (χ1v) is 8.38. The zero-order chi connectivity index (χ0) is 14.8. The second-order valence-electron chi connectivity index (χ2n) is 4.37. The highest BCUT2D eigenvalue weighted by molar-refractivity contribution is 7.89. The monoisotopic (exact) mass is 312 g/mol. The van der Waals surface area contributed by atoms with E-state index in [0.29, 0.717) is 23.6 Å². The van der Waals surface area contributed by atoms with Crippen molar-refractivity contribution in [1.82, 2.24) is 0 Å². The smallest absolute Gasteiger partial charge is 0.238 e. The van der Waals surface area contributed by atoms with E-state index in [0.717, 1.165) is 6.42 Å². The standard InChI is InChI=1S/C13H16N2O3S2/c1-9-12(18-5-4-11-3-2-6-19-11)7-10(14)8-13(9)20(15,16)17/h2-3,6-8H,4-5,14H2,1H3,(H2,15,16,17). The molecule has 0 saturated carbocycles. The fourth-order valence-electron chi connectivity index (χ4n) is 1.84. The molecule has 5 nitrogen and oxygen atoms in total. The molecule has 0 unspecified atom stereocenters. The molecule has 0 aliphatic rings. The number of hydrogen-bond acceptors (Lipinski definition) is 5. The number of anilines is 1. The molecule has 1 heterocycles. The van der Waals surface area contributed by atoms with E-state index in [9.17, 15) is 8.42 Å². The number of nitrogens with two attached hydrogens (primary N) is 2. The summed E-state index contributed by atoms with van der Waals surface area (Å²) in [7, 11) is -3.80. The van der Waals surface area contributed by atoms with E-state index in [1.807, 2.05) is 17.5 Å². The highest BCUT2D eigenvalue weighted by Gasteiger charge is 2.16. The van der Waals surface area contributed by atoms with Gasteiger partial charge in [-0.15, -0.1) is 11.3 Å². The van der Waals surface area contributed by atoms with E-state index in [-0.39, 0.29) is 4.90 Å². The maximum Gasteiger partial charge on any atom is 0.238 e. The number of primary sulfonamides is 1. The number of rotatable bonds is 5. The average Bonchev–Trinajstić information content (AvgIpc) is 2.84. The second-order valence-corrected chi connectivity index (χ2v) is 6.93. The number of nitrogen functional groups attached to an aromatic ring is 1. The van der Waals surface area contributed by atoms with Gasteiger partial charge in [0.25, 0.3) is 0 Å². The first-order chi connectivity index (χ1) is 9.38. The zero-order valence-corrected chi connectivity index (χ0v) is 12.6. The Morgan fingerprint density at radius 2 is 2.10 bits per heavy atom. The van der Waals surface area contributed by atoms with Crippen LogP contribution in [-0.4, -0.2) is 15.0 Å². The van der Waals surface area contributed by atoms with Crippen LogP contribution in [0.4, 0.5) is 5.69 Å². The van der Waals surface area contributed by atoms with Gasteiger partial charge in [-0.05, 0) is 24.4 Å². The summed E-state index contributed by atoms with van der Waals surface area (Å²) < 4.78 is 28.6. The summed E-state index contributed by atoms with van der Waals surface area (Å²) >= 11 is 1.65. The molecule has 2 aromatic rings. The number of thiophene rings is 1. The minimum Gasteiger partial charge on any atom is -0.493 e. The highest BCUT2D eigenvalue weighted by Crippen LogP contribution is 2.28. The molecule has 0 aliphatic heterocycles. The van der Waals surface area contributed by atoms with Crippen LogP contribution in [0.15, 0.2) is 34.5 Å². The number of benzene rings is 1. The number of sulfonamides is 1. The van der Waals surface area contributed by atoms with Crippen LogP contribution in [0, 0.1) is 6.92 Å². The predicted octanol–water partition coefficient (Wildman–Crippen LogP) is 1.91. The van der Waals surface area contributed by atoms with Crippen molar-refractivity contribution in [2.45, 2.75) is 18.2 Å². The van der Waals surface area contributed by atoms with E-state index in [4.69, 9.17) is 15.6 Å². The molecule has 0 radical (unpaired) electrons. The van der Waals surface area contributed by atoms with Crippen LogP contribution in [0.25, 0.3) is 0 Å². The lowest BCUT2D eigenvalue weighted by atomic mass is 10.2. The fourth-order valence-corrected chi connectivity index (χ4v) is 3.36. The SMILES string of the molecule is Cc1c(OCCc2cccs2)cc(N)cc1S(N)(=O)=O.